The fraction of sp³-hybridized carbons (Fsp3) is 0.377. The number of fused-ring (bicyclic) bond motifs is 9. The molecule has 19 nitrogen and oxygen atoms in total. The number of aliphatic hydroxyl groups is 1. The Balaban J connectivity index is 0.000000163. The fourth-order valence-electron chi connectivity index (χ4n) is 20.0. The van der Waals surface area contributed by atoms with Crippen LogP contribution in [0, 0.1) is 79.5 Å². The summed E-state index contributed by atoms with van der Waals surface area (Å²) >= 11 is 0. The normalized spacial score (nSPS) is 18.8. The Hall–Kier alpha value is -14.1. The van der Waals surface area contributed by atoms with Gasteiger partial charge in [0.2, 0.25) is 0 Å². The van der Waals surface area contributed by atoms with Gasteiger partial charge in [-0.3, -0.25) is 0 Å². The van der Waals surface area contributed by atoms with E-state index in [0.29, 0.717) is 19.6 Å². The number of rotatable bonds is 13. The second-order valence-corrected chi connectivity index (χ2v) is 38.0. The number of nitriles is 5. The van der Waals surface area contributed by atoms with Gasteiger partial charge in [0.15, 0.2) is 6.20 Å². The predicted molar refractivity (Wildman–Crippen MR) is 570 cm³/mol. The van der Waals surface area contributed by atoms with Crippen LogP contribution in [-0.2, 0) is 63.4 Å². The van der Waals surface area contributed by atoms with E-state index in [1.54, 1.807) is 94.5 Å². The summed E-state index contributed by atoms with van der Waals surface area (Å²) in [6.45, 7) is 21.7. The number of ether oxygens (including phenoxy) is 9. The van der Waals surface area contributed by atoms with Crippen LogP contribution in [0.3, 0.4) is 0 Å². The molecule has 9 aromatic carbocycles. The number of nitrogens with zero attached hydrogens (tertiary/aromatic N) is 6. The van der Waals surface area contributed by atoms with Crippen molar-refractivity contribution in [3.63, 3.8) is 0 Å². The molecule has 141 heavy (non-hydrogen) atoms. The molecule has 1 unspecified atom stereocenters. The number of nitrogens with two attached hydrogens (primary N) is 3. The van der Waals surface area contributed by atoms with E-state index in [1.807, 2.05) is 111 Å². The van der Waals surface area contributed by atoms with Crippen LogP contribution in [0.2, 0.25) is 0 Å². The van der Waals surface area contributed by atoms with Gasteiger partial charge in [0.1, 0.15) is 57.3 Å². The van der Waals surface area contributed by atoms with Crippen LogP contribution in [0.4, 0.5) is 0 Å². The first-order chi connectivity index (χ1) is 68.2. The van der Waals surface area contributed by atoms with Crippen LogP contribution in [0.25, 0.3) is 49.4 Å². The lowest BCUT2D eigenvalue weighted by molar-refractivity contribution is -0.0819. The van der Waals surface area contributed by atoms with Crippen molar-refractivity contribution in [2.75, 3.05) is 83.6 Å². The van der Waals surface area contributed by atoms with E-state index < -0.39 is 5.60 Å². The highest BCUT2D eigenvalue weighted by molar-refractivity contribution is 5.80. The molecule has 0 saturated carbocycles. The minimum absolute atomic E-state index is 0.0646. The van der Waals surface area contributed by atoms with Gasteiger partial charge in [-0.2, -0.15) is 26.3 Å². The Morgan fingerprint density at radius 1 is 0.305 bits per heavy atom. The highest BCUT2D eigenvalue weighted by Crippen LogP contribution is 2.52. The molecule has 18 rings (SSSR count). The van der Waals surface area contributed by atoms with Gasteiger partial charge in [0.25, 0.3) is 0 Å². The number of methoxy groups -OCH3 is 9. The van der Waals surface area contributed by atoms with E-state index in [-0.39, 0.29) is 22.7 Å². The predicted octanol–water partition coefficient (Wildman–Crippen LogP) is 25.8. The van der Waals surface area contributed by atoms with Gasteiger partial charge >= 0.3 is 0 Å². The zero-order valence-corrected chi connectivity index (χ0v) is 85.3. The molecule has 0 spiro atoms. The lowest BCUT2D eigenvalue weighted by Gasteiger charge is -2.46. The number of aryl methyl sites for hydroxylation is 9. The van der Waals surface area contributed by atoms with E-state index >= 15 is 0 Å². The highest BCUT2D eigenvalue weighted by atomic mass is 16.5. The highest BCUT2D eigenvalue weighted by Gasteiger charge is 2.49. The lowest BCUT2D eigenvalue weighted by Crippen LogP contribution is -2.45. The average Bonchev–Trinajstić information content (AvgIpc) is 1.03. The largest absolute Gasteiger partial charge is 0.497 e. The molecule has 0 saturated heterocycles. The Bertz CT molecular complexity index is 6300. The van der Waals surface area contributed by atoms with Gasteiger partial charge in [0, 0.05) is 43.9 Å². The Kier molecular flexibility index (Phi) is 41.2. The molecule has 0 bridgehead atoms. The SMILES string of the molecule is COc1ccc2c(c1)C(=CC#N)C(C)(C)CC2.COc1ccc2c(c1)C(=CC#N)CC2.COc1ccc2c(c1)C(=CC#N)CCC2.COc1ccc2c(c1)C(=CC#N)CCCC2.COc1ccc2c(c1)C(=CCN)C(C)(C)CC2.COc1ccc2c(c1)C(=CCN)CC2.COc1ccc2c(c1)C(=CCN)CCC2.COc1ccc2c(c1)C(O)(CC#N)C(C)(C)CC2.[C-]#[N+]/C=C1/CCCc2ccc(OC)cc21. The quantitative estimate of drug-likeness (QED) is 0.0473. The Morgan fingerprint density at radius 2 is 0.574 bits per heavy atom. The van der Waals surface area contributed by atoms with E-state index in [9.17, 15) is 5.11 Å². The van der Waals surface area contributed by atoms with Gasteiger partial charge in [-0.1, -0.05) is 114 Å². The summed E-state index contributed by atoms with van der Waals surface area (Å²) in [4.78, 5) is 3.36. The lowest BCUT2D eigenvalue weighted by atomic mass is 9.62. The third-order valence-corrected chi connectivity index (χ3v) is 28.3. The first-order valence-corrected chi connectivity index (χ1v) is 49.0. The van der Waals surface area contributed by atoms with Gasteiger partial charge in [0.05, 0.1) is 107 Å². The number of allylic oxidation sites excluding steroid dienone is 12. The monoisotopic (exact) mass is 1890 g/mol. The van der Waals surface area contributed by atoms with E-state index in [2.05, 4.69) is 148 Å². The topological polar surface area (TPSA) is 305 Å². The minimum atomic E-state index is -1.09. The van der Waals surface area contributed by atoms with Crippen molar-refractivity contribution in [1.82, 2.24) is 0 Å². The van der Waals surface area contributed by atoms with Gasteiger partial charge in [-0.05, 0) is 418 Å². The van der Waals surface area contributed by atoms with Crippen molar-refractivity contribution in [2.45, 2.75) is 201 Å². The van der Waals surface area contributed by atoms with Crippen molar-refractivity contribution in [2.24, 2.45) is 33.4 Å². The van der Waals surface area contributed by atoms with Crippen molar-refractivity contribution in [1.29, 1.82) is 26.3 Å². The first-order valence-electron chi connectivity index (χ1n) is 49.0. The van der Waals surface area contributed by atoms with Crippen LogP contribution >= 0.6 is 0 Å². The van der Waals surface area contributed by atoms with Crippen LogP contribution in [0.5, 0.6) is 51.7 Å². The van der Waals surface area contributed by atoms with Crippen molar-refractivity contribution >= 4 is 44.6 Å². The second-order valence-electron chi connectivity index (χ2n) is 38.0. The van der Waals surface area contributed by atoms with E-state index in [0.717, 1.165) is 213 Å². The minimum Gasteiger partial charge on any atom is -0.497 e. The molecule has 19 heteroatoms. The molecule has 0 amide bonds. The smallest absolute Gasteiger partial charge is 0.157 e. The molecule has 1 atom stereocenters. The average molecular weight is 1890 g/mol. The molecule has 9 aliphatic rings. The van der Waals surface area contributed by atoms with Crippen molar-refractivity contribution in [3.8, 4) is 82.1 Å². The fourth-order valence-corrected chi connectivity index (χ4v) is 20.0. The summed E-state index contributed by atoms with van der Waals surface area (Å²) < 4.78 is 47.1. The van der Waals surface area contributed by atoms with Crippen LogP contribution in [0.1, 0.15) is 238 Å². The van der Waals surface area contributed by atoms with Gasteiger partial charge in [-0.25, -0.2) is 4.85 Å². The van der Waals surface area contributed by atoms with Crippen LogP contribution in [-0.4, -0.2) is 88.7 Å². The molecule has 9 aromatic rings. The molecular formula is C122H141N9O10. The summed E-state index contributed by atoms with van der Waals surface area (Å²) in [7, 11) is 15.1. The molecule has 0 heterocycles. The standard InChI is InChI=1S/C15H19NO2.C15H21NO.C15H17NO.C14H15NO.C13H13NO.C13H17NO.C13H13NO.C12H15NO.C12H11NO/c1-14(2)7-6-11-4-5-12(18-3)10-13(11)15(14,17)8-9-16;2*1-15(2)8-6-11-4-5-12(17-3)10-13(11)14(15)7-9-16;1-16-13-7-6-11-4-2-3-5-12(8-9-15)14(11)10-13;1-14-9-11-5-3-4-10-6-7-12(15-2)8-13(10)11;2*1-15-12-6-5-10-3-2-4-11(7-8-14)13(10)9-12;2*1-14-11-5-4-9-2-3-10(6-7-13)12(9)8-11/h4-5,10,17H,6-8H2,1-3H3;4-5,7,10H,6,8-9,16H2,1-3H3;4-5,7,10H,6,8H2,1-3H3;6-8,10H,2-5H2,1H3;6-9H,3-5H2,2H3;5-7,9H,2-4,8,14H2,1H3;5-7,9H,2-4H2,1H3;4-6,8H,2-3,7,13H2,1H3;4-6,8H,2-3H2,1H3/b;;;;11-9-;;;;. The van der Waals surface area contributed by atoms with Crippen molar-refractivity contribution < 1.29 is 47.7 Å². The molecular weight excluding hydrogens is 1750 g/mol. The summed E-state index contributed by atoms with van der Waals surface area (Å²) in [5, 5.41) is 55.1. The molecule has 734 valence electrons. The Morgan fingerprint density at radius 3 is 0.936 bits per heavy atom. The molecule has 0 aliphatic heterocycles. The first kappa shape index (κ1) is 109. The van der Waals surface area contributed by atoms with Crippen molar-refractivity contribution in [3.05, 3.63) is 324 Å². The molecule has 7 N–H and O–H groups in total. The number of benzene rings is 9. The van der Waals surface area contributed by atoms with Crippen LogP contribution in [0.15, 0.2) is 213 Å². The third-order valence-electron chi connectivity index (χ3n) is 28.3. The van der Waals surface area contributed by atoms with E-state index in [1.165, 1.54) is 131 Å². The summed E-state index contributed by atoms with van der Waals surface area (Å²) in [5.74, 6) is 7.80. The maximum atomic E-state index is 11.0. The molecule has 9 aliphatic carbocycles. The number of hydrogen-bond acceptors (Lipinski definition) is 18. The second kappa shape index (κ2) is 53.3. The maximum Gasteiger partial charge on any atom is 0.157 e. The summed E-state index contributed by atoms with van der Waals surface area (Å²) in [6, 6.07) is 65.9. The van der Waals surface area contributed by atoms with Crippen LogP contribution < -0.4 is 59.8 Å². The third kappa shape index (κ3) is 28.4. The van der Waals surface area contributed by atoms with Gasteiger partial charge < -0.3 is 64.9 Å². The molecule has 0 aromatic heterocycles. The summed E-state index contributed by atoms with van der Waals surface area (Å²) in [6.07, 6.45) is 39.7. The summed E-state index contributed by atoms with van der Waals surface area (Å²) in [5.41, 5.74) is 48.1. The zero-order chi connectivity index (χ0) is 102. The molecule has 0 fully saturated rings. The zero-order valence-electron chi connectivity index (χ0n) is 85.3. The number of hydrogen-bond donors (Lipinski definition) is 4. The Labute approximate surface area is 838 Å². The van der Waals surface area contributed by atoms with Gasteiger partial charge in [-0.15, -0.1) is 0 Å². The van der Waals surface area contributed by atoms with E-state index in [4.69, 9.17) is 92.7 Å². The maximum absolute atomic E-state index is 11.0. The molecule has 0 radical (unpaired) electrons.